The summed E-state index contributed by atoms with van der Waals surface area (Å²) < 4.78 is 13.9. The number of carbonyl (C=O) groups is 7. The largest absolute Gasteiger partial charge is 0.508 e. The first-order valence-corrected chi connectivity index (χ1v) is 56.1. The van der Waals surface area contributed by atoms with Gasteiger partial charge in [0.15, 0.2) is 0 Å². The SMILES string of the molecule is C=C1C[C@H]2[C@H](CS[C@H]2CCCCC(=O)OCCCC(=O)C(C)(C)CC(CC(SC(=S)SCCCC)c2ccccc2)C(=O)NC(C)C)N1.CCCCSC(=S)SC(CC(CC(C)(C)C(=O)CCCc1ccc(C)c(O)c1)C(=O)NC(C)C)c1ccccc1.CCCCSC(=S)SC(CC(CC(C)(C)C(=O)OCCSSc1ccccn1)C(=O)NC(C)C)c1ccccc1. The van der Waals surface area contributed by atoms with Crippen LogP contribution in [0, 0.1) is 46.8 Å². The van der Waals surface area contributed by atoms with E-state index in [0.29, 0.717) is 100 Å². The number of benzene rings is 4. The lowest BCUT2D eigenvalue weighted by Gasteiger charge is -2.31. The molecule has 2 aliphatic rings. The third kappa shape index (κ3) is 45.2. The first-order chi connectivity index (χ1) is 60.9. The highest BCUT2D eigenvalue weighted by atomic mass is 33.1. The minimum absolute atomic E-state index is 0.000950. The second kappa shape index (κ2) is 62.2. The van der Waals surface area contributed by atoms with Crippen molar-refractivity contribution in [1.29, 1.82) is 0 Å². The Morgan fingerprint density at radius 1 is 0.539 bits per heavy atom. The van der Waals surface area contributed by atoms with E-state index in [-0.39, 0.29) is 105 Å². The molecule has 708 valence electrons. The van der Waals surface area contributed by atoms with Crippen molar-refractivity contribution in [2.24, 2.45) is 39.9 Å². The van der Waals surface area contributed by atoms with E-state index in [2.05, 4.69) is 90.0 Å². The fourth-order valence-electron chi connectivity index (χ4n) is 15.1. The van der Waals surface area contributed by atoms with Crippen LogP contribution in [0.2, 0.25) is 0 Å². The Morgan fingerprint density at radius 3 is 1.40 bits per heavy atom. The molecule has 3 heterocycles. The second-order valence-corrected chi connectivity index (χ2v) is 50.4. The van der Waals surface area contributed by atoms with E-state index >= 15 is 0 Å². The van der Waals surface area contributed by atoms with Crippen LogP contribution in [0.3, 0.4) is 0 Å². The average molecular weight is 1980 g/mol. The lowest BCUT2D eigenvalue weighted by Crippen LogP contribution is -2.40. The van der Waals surface area contributed by atoms with Gasteiger partial charge in [-0.15, -0.1) is 35.3 Å². The Hall–Kier alpha value is -4.52. The number of nitrogens with zero attached hydrogens (tertiary/aromatic N) is 1. The predicted octanol–water partition coefficient (Wildman–Crippen LogP) is 26.7. The van der Waals surface area contributed by atoms with Crippen LogP contribution in [0.1, 0.15) is 282 Å². The van der Waals surface area contributed by atoms with Crippen LogP contribution in [0.25, 0.3) is 0 Å². The van der Waals surface area contributed by atoms with E-state index in [4.69, 9.17) is 46.1 Å². The summed E-state index contributed by atoms with van der Waals surface area (Å²) in [7, 11) is 3.16. The van der Waals surface area contributed by atoms with Gasteiger partial charge in [0, 0.05) is 116 Å². The minimum Gasteiger partial charge on any atom is -0.508 e. The zero-order valence-electron chi connectivity index (χ0n) is 78.8. The number of aromatic hydroxyl groups is 1. The number of unbranched alkanes of at least 4 members (excludes halogenated alkanes) is 4. The summed E-state index contributed by atoms with van der Waals surface area (Å²) in [6.45, 7) is 36.4. The molecule has 0 radical (unpaired) electrons. The van der Waals surface area contributed by atoms with Crippen LogP contribution in [0.15, 0.2) is 151 Å². The van der Waals surface area contributed by atoms with Gasteiger partial charge in [0.2, 0.25) is 17.7 Å². The Morgan fingerprint density at radius 2 is 0.977 bits per heavy atom. The number of esters is 2. The van der Waals surface area contributed by atoms with Crippen molar-refractivity contribution < 1.29 is 48.1 Å². The molecule has 0 saturated carbocycles. The van der Waals surface area contributed by atoms with Crippen LogP contribution in [-0.4, -0.2) is 133 Å². The number of fused-ring (bicyclic) bond motifs is 1. The molecule has 128 heavy (non-hydrogen) atoms. The van der Waals surface area contributed by atoms with E-state index in [1.807, 2.05) is 187 Å². The van der Waals surface area contributed by atoms with E-state index in [0.717, 1.165) is 137 Å². The monoisotopic (exact) mass is 1970 g/mol. The number of hydrogen-bond acceptors (Lipinski definition) is 24. The Kier molecular flexibility index (Phi) is 55.4. The van der Waals surface area contributed by atoms with Gasteiger partial charge in [-0.1, -0.05) is 273 Å². The number of aryl methyl sites for hydroxylation is 2. The number of pyridine rings is 1. The minimum atomic E-state index is -0.819. The number of nitrogens with one attached hydrogen (secondary N) is 4. The Labute approximate surface area is 822 Å². The van der Waals surface area contributed by atoms with Crippen molar-refractivity contribution in [3.8, 4) is 5.75 Å². The fourth-order valence-corrected chi connectivity index (χ4v) is 27.2. The molecule has 9 atom stereocenters. The number of hydrogen-bond donors (Lipinski definition) is 5. The molecule has 0 spiro atoms. The topological polar surface area (TPSA) is 219 Å². The van der Waals surface area contributed by atoms with Crippen LogP contribution in [0.4, 0.5) is 0 Å². The molecular weight excluding hydrogens is 1830 g/mol. The number of phenolic OH excluding ortho intramolecular Hbond substituents is 1. The molecule has 27 heteroatoms. The first-order valence-electron chi connectivity index (χ1n) is 45.9. The van der Waals surface area contributed by atoms with Crippen molar-refractivity contribution >= 4 is 192 Å². The Balaban J connectivity index is 0.000000342. The molecule has 0 aliphatic carbocycles. The van der Waals surface area contributed by atoms with Gasteiger partial charge in [-0.3, -0.25) is 33.6 Å². The van der Waals surface area contributed by atoms with E-state index in [1.165, 1.54) is 5.70 Å². The van der Waals surface area contributed by atoms with Crippen molar-refractivity contribution in [2.45, 2.75) is 302 Å². The zero-order chi connectivity index (χ0) is 94.2. The van der Waals surface area contributed by atoms with Crippen LogP contribution >= 0.6 is 141 Å². The highest BCUT2D eigenvalue weighted by Crippen LogP contribution is 2.47. The van der Waals surface area contributed by atoms with Crippen LogP contribution in [-0.2, 0) is 49.5 Å². The fraction of sp³-hybridized carbons (Fsp3) is 0.594. The number of Topliss-reactive ketones (excluding diaryl/α,β-unsaturated/α-hetero) is 2. The molecule has 5 N–H and O–H groups in total. The third-order valence-electron chi connectivity index (χ3n) is 22.2. The molecule has 2 fully saturated rings. The van der Waals surface area contributed by atoms with Gasteiger partial charge >= 0.3 is 11.9 Å². The molecule has 4 aromatic carbocycles. The molecule has 15 nitrogen and oxygen atoms in total. The predicted molar refractivity (Wildman–Crippen MR) is 568 cm³/mol. The molecule has 7 rings (SSSR count). The number of ether oxygens (including phenoxy) is 2. The summed E-state index contributed by atoms with van der Waals surface area (Å²) in [4.78, 5) is 97.2. The summed E-state index contributed by atoms with van der Waals surface area (Å²) in [5, 5.41) is 24.4. The third-order valence-corrected chi connectivity index (χ3v) is 34.9. The van der Waals surface area contributed by atoms with Crippen molar-refractivity contribution in [2.75, 3.05) is 42.0 Å². The molecule has 3 amide bonds. The number of thioether (sulfide) groups is 7. The number of aromatic nitrogens is 1. The van der Waals surface area contributed by atoms with Gasteiger partial charge in [-0.05, 0) is 239 Å². The average Bonchev–Trinajstić information content (AvgIpc) is 1.63. The highest BCUT2D eigenvalue weighted by molar-refractivity contribution is 8.76. The maximum atomic E-state index is 13.6. The molecular formula is C101H147N5O10S12. The lowest BCUT2D eigenvalue weighted by atomic mass is 9.75. The van der Waals surface area contributed by atoms with Crippen molar-refractivity contribution in [1.82, 2.24) is 26.3 Å². The summed E-state index contributed by atoms with van der Waals surface area (Å²) in [5.74, 6) is 4.43. The number of phenols is 1. The number of amides is 3. The standard InChI is InChI=1S/C38H58N2O4S4.C33H47NO3S3.C30H42N2O3S5/c1-7-8-21-46-37(45)48-33(28-15-10-9-11-16-28)23-29(36(43)39-26(2)3)24-38(5,6)34(41)18-14-20-44-35(42)19-13-12-17-32-30-22-27(4)40-31(30)25-47-32;1-7-8-19-39-32(38)40-29(26-14-10-9-11-15-26)21-27(31(37)34-23(2)3)22-33(5,6)30(36)16-12-13-25-18-17-24(4)28(35)20-25;1-6-7-18-37-29(36)39-25(23-13-9-8-10-14-23)20-24(27(33)32-22(2)3)21-30(4,5)28(34)35-17-19-38-40-26-15-11-12-16-31-26/h9-11,15-16,26,29-33,40H,4,7-8,12-14,17-25H2,1-3,5-6H3,(H,39,43);9-11,14-15,17-18,20,23,27,29,35H,7-8,12-13,16,19,21-22H2,1-6H3,(H,34,37);8-16,22,24-25H,6-7,17-21H2,1-5H3,(H,32,33)/t29?,30-,31-,32-,33?;;/m0../s1. The van der Waals surface area contributed by atoms with Gasteiger partial charge in [0.05, 0.1) is 12.0 Å². The first kappa shape index (κ1) is 114. The van der Waals surface area contributed by atoms with Crippen molar-refractivity contribution in [3.63, 3.8) is 0 Å². The number of allylic oxidation sites excluding steroid dienone is 1. The smallest absolute Gasteiger partial charge is 0.311 e. The van der Waals surface area contributed by atoms with Gasteiger partial charge in [0.1, 0.15) is 39.5 Å². The second-order valence-electron chi connectivity index (χ2n) is 36.2. The van der Waals surface area contributed by atoms with E-state index < -0.39 is 16.2 Å². The van der Waals surface area contributed by atoms with Gasteiger partial charge in [-0.2, -0.15) is 11.8 Å². The molecule has 2 aliphatic heterocycles. The van der Waals surface area contributed by atoms with Crippen LogP contribution < -0.4 is 21.3 Å². The number of thiocarbonyl (C=S) groups is 3. The molecule has 2 saturated heterocycles. The van der Waals surface area contributed by atoms with Gasteiger partial charge in [-0.25, -0.2) is 4.98 Å². The zero-order valence-corrected chi connectivity index (χ0v) is 88.6. The molecule has 5 aromatic rings. The molecule has 0 bridgehead atoms. The summed E-state index contributed by atoms with van der Waals surface area (Å²) in [5.41, 5.74) is 4.30. The quantitative estimate of drug-likeness (QED) is 0.0106. The summed E-state index contributed by atoms with van der Waals surface area (Å²) >= 11 is 29.4. The summed E-state index contributed by atoms with van der Waals surface area (Å²) in [6.07, 6.45) is 18.8. The maximum Gasteiger partial charge on any atom is 0.311 e. The normalized spacial score (nSPS) is 15.8. The number of rotatable bonds is 54. The van der Waals surface area contributed by atoms with Crippen LogP contribution in [0.5, 0.6) is 5.75 Å². The van der Waals surface area contributed by atoms with Crippen molar-refractivity contribution in [3.05, 3.63) is 174 Å². The lowest BCUT2D eigenvalue weighted by molar-refractivity contribution is -0.154. The molecule has 1 aromatic heterocycles. The molecule has 6 unspecified atom stereocenters. The summed E-state index contributed by atoms with van der Waals surface area (Å²) in [6, 6.07) is 42.8. The van der Waals surface area contributed by atoms with E-state index in [1.54, 1.807) is 104 Å². The highest BCUT2D eigenvalue weighted by Gasteiger charge is 2.42. The van der Waals surface area contributed by atoms with E-state index in [9.17, 15) is 38.7 Å². The Bertz CT molecular complexity index is 4180. The van der Waals surface area contributed by atoms with Gasteiger partial charge in [0.25, 0.3) is 0 Å². The number of carbonyl (C=O) groups excluding carboxylic acids is 7. The van der Waals surface area contributed by atoms with Gasteiger partial charge < -0.3 is 35.8 Å². The number of ketones is 2. The maximum absolute atomic E-state index is 13.6.